The van der Waals surface area contributed by atoms with Gasteiger partial charge in [-0.05, 0) is 37.6 Å². The maximum atomic E-state index is 7.17. The standard InChI is InChI=1S/C12H14N4/c1-7-3-4-10-9(5-7)8(2)6-11(15-10)16-12(13)14/h3-6H,1-2H3,(H4,13,14,15,16). The van der Waals surface area contributed by atoms with Gasteiger partial charge in [0.05, 0.1) is 5.52 Å². The number of nitrogens with zero attached hydrogens (tertiary/aromatic N) is 1. The van der Waals surface area contributed by atoms with Crippen LogP contribution in [0.5, 0.6) is 0 Å². The first-order chi connectivity index (χ1) is 7.56. The monoisotopic (exact) mass is 214 g/mol. The van der Waals surface area contributed by atoms with E-state index in [-0.39, 0.29) is 5.96 Å². The molecule has 0 amide bonds. The number of pyridine rings is 1. The average molecular weight is 214 g/mol. The summed E-state index contributed by atoms with van der Waals surface area (Å²) in [4.78, 5) is 4.39. The number of anilines is 1. The molecule has 0 radical (unpaired) electrons. The number of nitrogens with two attached hydrogens (primary N) is 1. The molecular weight excluding hydrogens is 200 g/mol. The molecule has 0 saturated carbocycles. The lowest BCUT2D eigenvalue weighted by molar-refractivity contribution is 1.32. The van der Waals surface area contributed by atoms with Crippen molar-refractivity contribution in [2.45, 2.75) is 13.8 Å². The van der Waals surface area contributed by atoms with Crippen LogP contribution in [0.2, 0.25) is 0 Å². The van der Waals surface area contributed by atoms with E-state index >= 15 is 0 Å². The maximum Gasteiger partial charge on any atom is 0.191 e. The number of aryl methyl sites for hydroxylation is 2. The number of benzene rings is 1. The molecule has 0 atom stereocenters. The Morgan fingerprint density at radius 3 is 2.75 bits per heavy atom. The van der Waals surface area contributed by atoms with E-state index in [4.69, 9.17) is 11.1 Å². The Hall–Kier alpha value is -2.10. The van der Waals surface area contributed by atoms with Gasteiger partial charge in [-0.25, -0.2) is 4.98 Å². The largest absolute Gasteiger partial charge is 0.370 e. The van der Waals surface area contributed by atoms with Crippen LogP contribution in [-0.4, -0.2) is 10.9 Å². The summed E-state index contributed by atoms with van der Waals surface area (Å²) < 4.78 is 0. The fourth-order valence-corrected chi connectivity index (χ4v) is 1.71. The second kappa shape index (κ2) is 3.81. The molecule has 1 aromatic carbocycles. The van der Waals surface area contributed by atoms with Crippen molar-refractivity contribution < 1.29 is 0 Å². The molecule has 0 fully saturated rings. The van der Waals surface area contributed by atoms with Gasteiger partial charge in [0.1, 0.15) is 5.82 Å². The summed E-state index contributed by atoms with van der Waals surface area (Å²) in [6.45, 7) is 4.08. The number of rotatable bonds is 1. The van der Waals surface area contributed by atoms with Crippen LogP contribution in [0.4, 0.5) is 5.82 Å². The van der Waals surface area contributed by atoms with E-state index in [2.05, 4.69) is 23.3 Å². The van der Waals surface area contributed by atoms with E-state index < -0.39 is 0 Å². The van der Waals surface area contributed by atoms with Crippen molar-refractivity contribution in [2.24, 2.45) is 5.73 Å². The zero-order chi connectivity index (χ0) is 11.7. The van der Waals surface area contributed by atoms with Crippen LogP contribution in [-0.2, 0) is 0 Å². The fraction of sp³-hybridized carbons (Fsp3) is 0.167. The molecule has 16 heavy (non-hydrogen) atoms. The summed E-state index contributed by atoms with van der Waals surface area (Å²) in [6, 6.07) is 7.99. The number of hydrogen-bond acceptors (Lipinski definition) is 2. The van der Waals surface area contributed by atoms with Crippen molar-refractivity contribution in [2.75, 3.05) is 5.32 Å². The summed E-state index contributed by atoms with van der Waals surface area (Å²) in [5.41, 5.74) is 8.52. The van der Waals surface area contributed by atoms with Crippen LogP contribution in [0.15, 0.2) is 24.3 Å². The number of aromatic nitrogens is 1. The Bertz CT molecular complexity index is 560. The van der Waals surface area contributed by atoms with E-state index in [0.717, 1.165) is 16.5 Å². The minimum absolute atomic E-state index is 0.0987. The molecule has 0 spiro atoms. The van der Waals surface area contributed by atoms with Gasteiger partial charge in [0.2, 0.25) is 0 Å². The Labute approximate surface area is 94.0 Å². The molecule has 1 aromatic heterocycles. The lowest BCUT2D eigenvalue weighted by Gasteiger charge is -2.08. The molecule has 4 N–H and O–H groups in total. The smallest absolute Gasteiger partial charge is 0.191 e. The second-order valence-corrected chi connectivity index (χ2v) is 3.88. The third kappa shape index (κ3) is 1.95. The van der Waals surface area contributed by atoms with Crippen LogP contribution in [0, 0.1) is 19.3 Å². The van der Waals surface area contributed by atoms with Crippen LogP contribution in [0.3, 0.4) is 0 Å². The highest BCUT2D eigenvalue weighted by Crippen LogP contribution is 2.21. The van der Waals surface area contributed by atoms with Gasteiger partial charge < -0.3 is 11.1 Å². The topological polar surface area (TPSA) is 74.8 Å². The number of guanidine groups is 1. The van der Waals surface area contributed by atoms with Crippen molar-refractivity contribution in [1.82, 2.24) is 4.98 Å². The molecule has 0 aliphatic rings. The first-order valence-corrected chi connectivity index (χ1v) is 5.05. The van der Waals surface area contributed by atoms with Gasteiger partial charge in [-0.15, -0.1) is 0 Å². The summed E-state index contributed by atoms with van der Waals surface area (Å²) in [5, 5.41) is 11.0. The minimum atomic E-state index is -0.0987. The zero-order valence-electron chi connectivity index (χ0n) is 9.33. The molecular formula is C12H14N4. The van der Waals surface area contributed by atoms with E-state index in [0.29, 0.717) is 5.82 Å². The molecule has 0 unspecified atom stereocenters. The van der Waals surface area contributed by atoms with Crippen molar-refractivity contribution in [3.63, 3.8) is 0 Å². The van der Waals surface area contributed by atoms with E-state index in [1.54, 1.807) is 0 Å². The van der Waals surface area contributed by atoms with Gasteiger partial charge >= 0.3 is 0 Å². The quantitative estimate of drug-likeness (QED) is 0.503. The SMILES string of the molecule is Cc1ccc2nc(NC(=N)N)cc(C)c2c1. The minimum Gasteiger partial charge on any atom is -0.370 e. The van der Waals surface area contributed by atoms with Gasteiger partial charge in [0, 0.05) is 5.39 Å². The Kier molecular flexibility index (Phi) is 2.48. The first-order valence-electron chi connectivity index (χ1n) is 5.05. The molecule has 4 heteroatoms. The highest BCUT2D eigenvalue weighted by Gasteiger charge is 2.03. The lowest BCUT2D eigenvalue weighted by Crippen LogP contribution is -2.21. The third-order valence-corrected chi connectivity index (χ3v) is 2.43. The van der Waals surface area contributed by atoms with Gasteiger partial charge in [0.15, 0.2) is 5.96 Å². The molecule has 0 bridgehead atoms. The molecule has 2 aromatic rings. The number of nitrogens with one attached hydrogen (secondary N) is 2. The second-order valence-electron chi connectivity index (χ2n) is 3.88. The first kappa shape index (κ1) is 10.4. The highest BCUT2D eigenvalue weighted by molar-refractivity contribution is 5.91. The maximum absolute atomic E-state index is 7.17. The number of fused-ring (bicyclic) bond motifs is 1. The molecule has 82 valence electrons. The lowest BCUT2D eigenvalue weighted by atomic mass is 10.1. The van der Waals surface area contributed by atoms with Crippen molar-refractivity contribution in [3.8, 4) is 0 Å². The molecule has 4 nitrogen and oxygen atoms in total. The van der Waals surface area contributed by atoms with Gasteiger partial charge in [-0.2, -0.15) is 0 Å². The Morgan fingerprint density at radius 1 is 1.31 bits per heavy atom. The zero-order valence-corrected chi connectivity index (χ0v) is 9.33. The molecule has 1 heterocycles. The molecule has 0 aliphatic carbocycles. The highest BCUT2D eigenvalue weighted by atomic mass is 15.1. The third-order valence-electron chi connectivity index (χ3n) is 2.43. The number of hydrogen-bond donors (Lipinski definition) is 3. The van der Waals surface area contributed by atoms with Gasteiger partial charge in [0.25, 0.3) is 0 Å². The Balaban J connectivity index is 2.59. The predicted molar refractivity (Wildman–Crippen MR) is 66.8 cm³/mol. The molecule has 0 aliphatic heterocycles. The van der Waals surface area contributed by atoms with Gasteiger partial charge in [-0.1, -0.05) is 11.6 Å². The average Bonchev–Trinajstić information content (AvgIpc) is 2.18. The van der Waals surface area contributed by atoms with Gasteiger partial charge in [-0.3, -0.25) is 5.41 Å². The summed E-state index contributed by atoms with van der Waals surface area (Å²) in [6.07, 6.45) is 0. The molecule has 2 rings (SSSR count). The predicted octanol–water partition coefficient (Wildman–Crippen LogP) is 2.16. The Morgan fingerprint density at radius 2 is 2.06 bits per heavy atom. The van der Waals surface area contributed by atoms with Crippen LogP contribution in [0.25, 0.3) is 10.9 Å². The van der Waals surface area contributed by atoms with Crippen molar-refractivity contribution >= 4 is 22.7 Å². The van der Waals surface area contributed by atoms with Crippen LogP contribution < -0.4 is 11.1 Å². The fourth-order valence-electron chi connectivity index (χ4n) is 1.71. The summed E-state index contributed by atoms with van der Waals surface area (Å²) >= 11 is 0. The summed E-state index contributed by atoms with van der Waals surface area (Å²) in [7, 11) is 0. The normalized spacial score (nSPS) is 10.4. The van der Waals surface area contributed by atoms with E-state index in [9.17, 15) is 0 Å². The van der Waals surface area contributed by atoms with E-state index in [1.807, 2.05) is 25.1 Å². The van der Waals surface area contributed by atoms with Crippen LogP contribution >= 0.6 is 0 Å². The van der Waals surface area contributed by atoms with Crippen molar-refractivity contribution in [3.05, 3.63) is 35.4 Å². The summed E-state index contributed by atoms with van der Waals surface area (Å²) in [5.74, 6) is 0.514. The molecule has 0 saturated heterocycles. The van der Waals surface area contributed by atoms with Crippen molar-refractivity contribution in [1.29, 1.82) is 5.41 Å². The van der Waals surface area contributed by atoms with Crippen LogP contribution in [0.1, 0.15) is 11.1 Å². The van der Waals surface area contributed by atoms with E-state index in [1.165, 1.54) is 5.56 Å².